The maximum atomic E-state index is 12.2. The van der Waals surface area contributed by atoms with Crippen molar-refractivity contribution in [3.8, 4) is 0 Å². The lowest BCUT2D eigenvalue weighted by Gasteiger charge is -2.24. The van der Waals surface area contributed by atoms with Gasteiger partial charge in [-0.15, -0.1) is 0 Å². The van der Waals surface area contributed by atoms with Crippen LogP contribution < -0.4 is 5.32 Å². The maximum absolute atomic E-state index is 12.2. The van der Waals surface area contributed by atoms with Crippen molar-refractivity contribution in [2.24, 2.45) is 5.92 Å². The molecule has 3 rings (SSSR count). The highest BCUT2D eigenvalue weighted by atomic mass is 16.5. The van der Waals surface area contributed by atoms with E-state index in [0.29, 0.717) is 12.6 Å². The van der Waals surface area contributed by atoms with Crippen molar-refractivity contribution in [3.63, 3.8) is 0 Å². The van der Waals surface area contributed by atoms with E-state index >= 15 is 0 Å². The van der Waals surface area contributed by atoms with Crippen LogP contribution in [0.5, 0.6) is 0 Å². The largest absolute Gasteiger partial charge is 0.452 e. The fourth-order valence-electron chi connectivity index (χ4n) is 3.33. The van der Waals surface area contributed by atoms with E-state index in [9.17, 15) is 14.4 Å². The van der Waals surface area contributed by atoms with Crippen molar-refractivity contribution in [2.45, 2.75) is 70.1 Å². The molecule has 1 heterocycles. The average molecular weight is 308 g/mol. The van der Waals surface area contributed by atoms with E-state index in [0.717, 1.165) is 38.5 Å². The van der Waals surface area contributed by atoms with Crippen LogP contribution in [0.4, 0.5) is 0 Å². The number of carbonyl (C=O) groups is 3. The summed E-state index contributed by atoms with van der Waals surface area (Å²) in [6, 6.07) is 0.542. The van der Waals surface area contributed by atoms with E-state index in [1.807, 2.05) is 4.90 Å². The molecule has 1 aliphatic heterocycles. The molecule has 6 nitrogen and oxygen atoms in total. The molecule has 0 unspecified atom stereocenters. The molecule has 0 aromatic heterocycles. The Bertz CT molecular complexity index is 469. The van der Waals surface area contributed by atoms with Gasteiger partial charge < -0.3 is 15.0 Å². The molecule has 0 aromatic rings. The van der Waals surface area contributed by atoms with Crippen molar-refractivity contribution in [2.75, 3.05) is 6.54 Å². The molecule has 6 heteroatoms. The standard InChI is InChI=1S/C16H24N2O4/c1-10(15(20)17-12-6-7-12)22-16(21)11-8-14(19)18(9-11)13-4-2-3-5-13/h10-13H,2-9H2,1H3,(H,17,20)/t10-,11-/m1/s1. The van der Waals surface area contributed by atoms with Gasteiger partial charge in [-0.3, -0.25) is 14.4 Å². The van der Waals surface area contributed by atoms with E-state index in [1.54, 1.807) is 6.92 Å². The number of nitrogens with zero attached hydrogens (tertiary/aromatic N) is 1. The normalized spacial score (nSPS) is 27.0. The van der Waals surface area contributed by atoms with Crippen LogP contribution in [0.3, 0.4) is 0 Å². The van der Waals surface area contributed by atoms with Crippen LogP contribution in [-0.4, -0.2) is 47.4 Å². The zero-order valence-corrected chi connectivity index (χ0v) is 13.0. The molecule has 0 radical (unpaired) electrons. The van der Waals surface area contributed by atoms with Crippen LogP contribution in [0, 0.1) is 5.92 Å². The first-order chi connectivity index (χ1) is 10.5. The molecule has 0 bridgehead atoms. The van der Waals surface area contributed by atoms with Crippen LogP contribution in [0.15, 0.2) is 0 Å². The second-order valence-electron chi connectivity index (χ2n) is 6.75. The second kappa shape index (κ2) is 6.26. The molecule has 2 amide bonds. The van der Waals surface area contributed by atoms with Gasteiger partial charge in [-0.1, -0.05) is 12.8 Å². The van der Waals surface area contributed by atoms with Gasteiger partial charge in [-0.05, 0) is 32.6 Å². The first kappa shape index (κ1) is 15.3. The van der Waals surface area contributed by atoms with E-state index in [4.69, 9.17) is 4.74 Å². The van der Waals surface area contributed by atoms with Gasteiger partial charge in [0, 0.05) is 25.0 Å². The van der Waals surface area contributed by atoms with Crippen molar-refractivity contribution >= 4 is 17.8 Å². The van der Waals surface area contributed by atoms with Crippen LogP contribution in [0.2, 0.25) is 0 Å². The Morgan fingerprint density at radius 3 is 2.55 bits per heavy atom. The van der Waals surface area contributed by atoms with E-state index in [1.165, 1.54) is 0 Å². The van der Waals surface area contributed by atoms with Gasteiger partial charge in [0.15, 0.2) is 6.10 Å². The van der Waals surface area contributed by atoms with Crippen LogP contribution >= 0.6 is 0 Å². The van der Waals surface area contributed by atoms with Gasteiger partial charge >= 0.3 is 5.97 Å². The highest BCUT2D eigenvalue weighted by molar-refractivity contribution is 5.89. The number of rotatable bonds is 5. The molecule has 22 heavy (non-hydrogen) atoms. The highest BCUT2D eigenvalue weighted by Gasteiger charge is 2.40. The lowest BCUT2D eigenvalue weighted by atomic mass is 10.1. The molecule has 2 atom stereocenters. The Hall–Kier alpha value is -1.59. The number of amides is 2. The summed E-state index contributed by atoms with van der Waals surface area (Å²) in [7, 11) is 0. The third-order valence-corrected chi connectivity index (χ3v) is 4.84. The molecule has 3 aliphatic rings. The van der Waals surface area contributed by atoms with Gasteiger partial charge in [-0.25, -0.2) is 0 Å². The molecule has 1 N–H and O–H groups in total. The Kier molecular flexibility index (Phi) is 4.36. The molecular weight excluding hydrogens is 284 g/mol. The van der Waals surface area contributed by atoms with Crippen molar-refractivity contribution < 1.29 is 19.1 Å². The highest BCUT2D eigenvalue weighted by Crippen LogP contribution is 2.30. The van der Waals surface area contributed by atoms with Gasteiger partial charge in [0.2, 0.25) is 5.91 Å². The molecule has 0 spiro atoms. The number of hydrogen-bond donors (Lipinski definition) is 1. The van der Waals surface area contributed by atoms with E-state index in [2.05, 4.69) is 5.32 Å². The number of hydrogen-bond acceptors (Lipinski definition) is 4. The molecule has 3 fully saturated rings. The Labute approximate surface area is 130 Å². The molecule has 2 aliphatic carbocycles. The lowest BCUT2D eigenvalue weighted by molar-refractivity contribution is -0.158. The fraction of sp³-hybridized carbons (Fsp3) is 0.812. The summed E-state index contributed by atoms with van der Waals surface area (Å²) < 4.78 is 5.25. The Balaban J connectivity index is 1.49. The predicted octanol–water partition coefficient (Wildman–Crippen LogP) is 0.988. The molecule has 0 aromatic carbocycles. The number of likely N-dealkylation sites (tertiary alicyclic amines) is 1. The second-order valence-corrected chi connectivity index (χ2v) is 6.75. The molecular formula is C16H24N2O4. The minimum absolute atomic E-state index is 0.0453. The summed E-state index contributed by atoms with van der Waals surface area (Å²) in [4.78, 5) is 37.9. The number of ether oxygens (including phenoxy) is 1. The predicted molar refractivity (Wildman–Crippen MR) is 78.8 cm³/mol. The number of nitrogens with one attached hydrogen (secondary N) is 1. The lowest BCUT2D eigenvalue weighted by Crippen LogP contribution is -2.39. The van der Waals surface area contributed by atoms with Crippen molar-refractivity contribution in [1.82, 2.24) is 10.2 Å². The van der Waals surface area contributed by atoms with Crippen molar-refractivity contribution in [1.29, 1.82) is 0 Å². The average Bonchev–Trinajstić information content (AvgIpc) is 2.99. The van der Waals surface area contributed by atoms with Crippen LogP contribution in [0.25, 0.3) is 0 Å². The van der Waals surface area contributed by atoms with Gasteiger partial charge in [0.05, 0.1) is 5.92 Å². The van der Waals surface area contributed by atoms with Crippen molar-refractivity contribution in [3.05, 3.63) is 0 Å². The summed E-state index contributed by atoms with van der Waals surface area (Å²) in [5.41, 5.74) is 0. The molecule has 2 saturated carbocycles. The minimum atomic E-state index is -0.788. The fourth-order valence-corrected chi connectivity index (χ4v) is 3.33. The summed E-state index contributed by atoms with van der Waals surface area (Å²) in [5.74, 6) is -1.05. The van der Waals surface area contributed by atoms with E-state index in [-0.39, 0.29) is 24.3 Å². The zero-order valence-electron chi connectivity index (χ0n) is 13.0. The minimum Gasteiger partial charge on any atom is -0.452 e. The van der Waals surface area contributed by atoms with Gasteiger partial charge in [-0.2, -0.15) is 0 Å². The SMILES string of the molecule is C[C@@H](OC(=O)[C@@H]1CC(=O)N(C2CCCC2)C1)C(=O)NC1CC1. The third kappa shape index (κ3) is 3.42. The Morgan fingerprint density at radius 1 is 1.23 bits per heavy atom. The Morgan fingerprint density at radius 2 is 1.91 bits per heavy atom. The van der Waals surface area contributed by atoms with Gasteiger partial charge in [0.1, 0.15) is 0 Å². The number of carbonyl (C=O) groups excluding carboxylic acids is 3. The maximum Gasteiger partial charge on any atom is 0.312 e. The first-order valence-electron chi connectivity index (χ1n) is 8.35. The smallest absolute Gasteiger partial charge is 0.312 e. The summed E-state index contributed by atoms with van der Waals surface area (Å²) in [6.07, 6.45) is 5.81. The van der Waals surface area contributed by atoms with Crippen LogP contribution in [-0.2, 0) is 19.1 Å². The summed E-state index contributed by atoms with van der Waals surface area (Å²) >= 11 is 0. The monoisotopic (exact) mass is 308 g/mol. The molecule has 1 saturated heterocycles. The third-order valence-electron chi connectivity index (χ3n) is 4.84. The quantitative estimate of drug-likeness (QED) is 0.769. The first-order valence-corrected chi connectivity index (χ1v) is 8.35. The topological polar surface area (TPSA) is 75.7 Å². The van der Waals surface area contributed by atoms with Gasteiger partial charge in [0.25, 0.3) is 5.91 Å². The zero-order chi connectivity index (χ0) is 15.7. The molecule has 122 valence electrons. The summed E-state index contributed by atoms with van der Waals surface area (Å²) in [5, 5.41) is 2.82. The van der Waals surface area contributed by atoms with Crippen LogP contribution in [0.1, 0.15) is 51.9 Å². The van der Waals surface area contributed by atoms with E-state index < -0.39 is 18.0 Å². The summed E-state index contributed by atoms with van der Waals surface area (Å²) in [6.45, 7) is 2.03. The number of esters is 1.